The van der Waals surface area contributed by atoms with Crippen molar-refractivity contribution in [1.29, 1.82) is 0 Å². The Kier molecular flexibility index (Phi) is 9.51. The fraction of sp³-hybridized carbons (Fsp3) is 0.455. The SMILES string of the molecule is CS(=O)(=O)Nc1ccc(OP(O)O)cc1.NC(CO)(CO)CO. The summed E-state index contributed by atoms with van der Waals surface area (Å²) in [4.78, 5) is 17.1. The average molecular weight is 372 g/mol. The van der Waals surface area contributed by atoms with Crippen molar-refractivity contribution < 1.29 is 38.0 Å². The van der Waals surface area contributed by atoms with Crippen molar-refractivity contribution in [2.24, 2.45) is 5.73 Å². The zero-order valence-electron chi connectivity index (χ0n) is 12.3. The first-order valence-corrected chi connectivity index (χ1v) is 9.16. The Morgan fingerprint density at radius 2 is 1.57 bits per heavy atom. The predicted octanol–water partition coefficient (Wildman–Crippen LogP) is -1.69. The molecule has 1 aromatic carbocycles. The van der Waals surface area contributed by atoms with Crippen molar-refractivity contribution in [2.75, 3.05) is 30.8 Å². The van der Waals surface area contributed by atoms with Crippen LogP contribution in [-0.2, 0) is 10.0 Å². The van der Waals surface area contributed by atoms with Crippen LogP contribution >= 0.6 is 8.60 Å². The lowest BCUT2D eigenvalue weighted by atomic mass is 10.1. The van der Waals surface area contributed by atoms with E-state index in [0.717, 1.165) is 6.26 Å². The van der Waals surface area contributed by atoms with Crippen molar-refractivity contribution in [3.63, 3.8) is 0 Å². The molecule has 134 valence electrons. The van der Waals surface area contributed by atoms with Crippen LogP contribution < -0.4 is 15.0 Å². The van der Waals surface area contributed by atoms with E-state index in [0.29, 0.717) is 5.69 Å². The van der Waals surface area contributed by atoms with E-state index >= 15 is 0 Å². The maximum absolute atomic E-state index is 10.8. The normalized spacial score (nSPS) is 11.7. The molecule has 0 bridgehead atoms. The molecule has 12 heteroatoms. The summed E-state index contributed by atoms with van der Waals surface area (Å²) in [6.07, 6.45) is 1.04. The molecule has 0 aliphatic carbocycles. The van der Waals surface area contributed by atoms with Gasteiger partial charge in [0.2, 0.25) is 10.0 Å². The molecule has 0 atom stereocenters. The molecule has 1 rings (SSSR count). The van der Waals surface area contributed by atoms with Crippen molar-refractivity contribution in [3.8, 4) is 5.75 Å². The second-order valence-electron chi connectivity index (χ2n) is 4.58. The highest BCUT2D eigenvalue weighted by molar-refractivity contribution is 7.92. The van der Waals surface area contributed by atoms with Gasteiger partial charge in [-0.3, -0.25) is 4.72 Å². The molecule has 0 aromatic heterocycles. The van der Waals surface area contributed by atoms with Gasteiger partial charge < -0.3 is 35.4 Å². The molecule has 0 amide bonds. The quantitative estimate of drug-likeness (QED) is 0.274. The van der Waals surface area contributed by atoms with Gasteiger partial charge in [-0.2, -0.15) is 0 Å². The van der Waals surface area contributed by atoms with Gasteiger partial charge in [-0.05, 0) is 24.3 Å². The lowest BCUT2D eigenvalue weighted by Gasteiger charge is -2.20. The van der Waals surface area contributed by atoms with Crippen LogP contribution in [0.25, 0.3) is 0 Å². The molecule has 0 saturated carbocycles. The minimum atomic E-state index is -3.30. The third-order valence-electron chi connectivity index (χ3n) is 2.29. The molecule has 0 radical (unpaired) electrons. The van der Waals surface area contributed by atoms with Crippen LogP contribution in [0.5, 0.6) is 5.75 Å². The van der Waals surface area contributed by atoms with Crippen LogP contribution in [0.15, 0.2) is 24.3 Å². The third-order valence-corrected chi connectivity index (χ3v) is 3.27. The molecule has 0 heterocycles. The van der Waals surface area contributed by atoms with E-state index in [2.05, 4.69) is 9.25 Å². The Labute approximate surface area is 135 Å². The number of hydrogen-bond acceptors (Lipinski definition) is 9. The molecule has 0 unspecified atom stereocenters. The lowest BCUT2D eigenvalue weighted by molar-refractivity contribution is 0.0697. The van der Waals surface area contributed by atoms with Crippen LogP contribution in [0.3, 0.4) is 0 Å². The number of sulfonamides is 1. The largest absolute Gasteiger partial charge is 0.427 e. The molecule has 0 aliphatic rings. The highest BCUT2D eigenvalue weighted by Gasteiger charge is 2.20. The molecule has 0 spiro atoms. The number of aliphatic hydroxyl groups excluding tert-OH is 3. The monoisotopic (exact) mass is 372 g/mol. The fourth-order valence-electron chi connectivity index (χ4n) is 1.04. The fourth-order valence-corrected chi connectivity index (χ4v) is 1.92. The van der Waals surface area contributed by atoms with Crippen LogP contribution in [0, 0.1) is 0 Å². The van der Waals surface area contributed by atoms with E-state index in [1.165, 1.54) is 24.3 Å². The summed E-state index contributed by atoms with van der Waals surface area (Å²) in [5, 5.41) is 25.0. The molecule has 0 saturated heterocycles. The Morgan fingerprint density at radius 1 is 1.13 bits per heavy atom. The molecule has 0 aliphatic heterocycles. The second kappa shape index (κ2) is 9.96. The second-order valence-corrected chi connectivity index (χ2v) is 7.02. The van der Waals surface area contributed by atoms with Gasteiger partial charge in [-0.15, -0.1) is 0 Å². The number of rotatable bonds is 7. The number of hydrogen-bond donors (Lipinski definition) is 7. The minimum Gasteiger partial charge on any atom is -0.427 e. The number of benzene rings is 1. The summed E-state index contributed by atoms with van der Waals surface area (Å²) in [5.41, 5.74) is 4.32. The molecule has 0 fully saturated rings. The number of nitrogens with one attached hydrogen (secondary N) is 1. The topological polar surface area (TPSA) is 183 Å². The van der Waals surface area contributed by atoms with Crippen molar-refractivity contribution >= 4 is 24.3 Å². The van der Waals surface area contributed by atoms with E-state index in [9.17, 15) is 8.42 Å². The van der Waals surface area contributed by atoms with Gasteiger partial charge in [0.25, 0.3) is 0 Å². The van der Waals surface area contributed by atoms with Gasteiger partial charge >= 0.3 is 8.60 Å². The van der Waals surface area contributed by atoms with Gasteiger partial charge in [-0.25, -0.2) is 8.42 Å². The van der Waals surface area contributed by atoms with Crippen LogP contribution in [0.2, 0.25) is 0 Å². The molecular formula is C11H21N2O8PS. The number of nitrogens with two attached hydrogens (primary N) is 1. The third kappa shape index (κ3) is 10.4. The summed E-state index contributed by atoms with van der Waals surface area (Å²) in [5.74, 6) is 0.255. The number of anilines is 1. The smallest absolute Gasteiger partial charge is 0.391 e. The van der Waals surface area contributed by atoms with Gasteiger partial charge in [0.15, 0.2) is 0 Å². The van der Waals surface area contributed by atoms with E-state index in [1.807, 2.05) is 0 Å². The van der Waals surface area contributed by atoms with E-state index in [4.69, 9.17) is 30.8 Å². The Balaban J connectivity index is 0.000000515. The van der Waals surface area contributed by atoms with Crippen LogP contribution in [0.1, 0.15) is 0 Å². The summed E-state index contributed by atoms with van der Waals surface area (Å²) in [7, 11) is -5.75. The number of aliphatic hydroxyl groups is 3. The van der Waals surface area contributed by atoms with Crippen molar-refractivity contribution in [2.45, 2.75) is 5.54 Å². The average Bonchev–Trinajstić information content (AvgIpc) is 2.47. The van der Waals surface area contributed by atoms with E-state index in [-0.39, 0.29) is 5.75 Å². The van der Waals surface area contributed by atoms with Crippen LogP contribution in [-0.4, -0.2) is 65.1 Å². The molecule has 8 N–H and O–H groups in total. The first-order valence-electron chi connectivity index (χ1n) is 6.10. The van der Waals surface area contributed by atoms with Gasteiger partial charge in [0.05, 0.1) is 31.6 Å². The zero-order valence-corrected chi connectivity index (χ0v) is 14.0. The first kappa shape index (κ1) is 22.0. The summed E-state index contributed by atoms with van der Waals surface area (Å²) in [6, 6.07) is 5.76. The van der Waals surface area contributed by atoms with E-state index < -0.39 is 44.0 Å². The molecular weight excluding hydrogens is 351 g/mol. The van der Waals surface area contributed by atoms with E-state index in [1.54, 1.807) is 0 Å². The molecule has 23 heavy (non-hydrogen) atoms. The summed E-state index contributed by atoms with van der Waals surface area (Å²) < 4.78 is 28.5. The molecule has 10 nitrogen and oxygen atoms in total. The zero-order chi connectivity index (χ0) is 18.1. The van der Waals surface area contributed by atoms with Crippen molar-refractivity contribution in [3.05, 3.63) is 24.3 Å². The predicted molar refractivity (Wildman–Crippen MR) is 85.1 cm³/mol. The maximum Gasteiger partial charge on any atom is 0.391 e. The first-order chi connectivity index (χ1) is 10.5. The van der Waals surface area contributed by atoms with Crippen molar-refractivity contribution in [1.82, 2.24) is 0 Å². The maximum atomic E-state index is 10.8. The summed E-state index contributed by atoms with van der Waals surface area (Å²) in [6.45, 7) is -1.21. The van der Waals surface area contributed by atoms with Gasteiger partial charge in [-0.1, -0.05) is 0 Å². The Bertz CT molecular complexity index is 539. The Morgan fingerprint density at radius 3 is 1.83 bits per heavy atom. The van der Waals surface area contributed by atoms with Gasteiger partial charge in [0.1, 0.15) is 5.75 Å². The highest BCUT2D eigenvalue weighted by atomic mass is 32.2. The highest BCUT2D eigenvalue weighted by Crippen LogP contribution is 2.29. The minimum absolute atomic E-state index is 0.255. The lowest BCUT2D eigenvalue weighted by Crippen LogP contribution is -2.50. The standard InChI is InChI=1S/C7H10NO5PS.C4H11NO3/c1-15(11,12)8-6-2-4-7(5-3-6)13-14(9)10;5-4(1-6,2-7)3-8/h2-5,8-10H,1H3;6-8H,1-3,5H2. The Hall–Kier alpha value is -1.04. The molecule has 1 aromatic rings. The van der Waals surface area contributed by atoms with Crippen LogP contribution in [0.4, 0.5) is 5.69 Å². The van der Waals surface area contributed by atoms with Gasteiger partial charge in [0, 0.05) is 5.69 Å². The summed E-state index contributed by atoms with van der Waals surface area (Å²) >= 11 is 0.